The Hall–Kier alpha value is -3.37. The molecule has 5 heteroatoms. The molecule has 0 atom stereocenters. The standard InChI is InChI=1S/C26H30NOSi.C12H10N.Ir/c1-8-26(3,4)20-16-27-21(15-17(20)2)18-13-14-23(29(5,6)7)24-19-11-9-10-12-22(19)28-25(18)24;1-10-7-8-12(13-9-10)11-5-3-2-4-6-11;/h9-12,14-16H,8H2,1-7H3;2-5,7-9H,1H3;/q2*-1;. The molecule has 3 aromatic heterocycles. The maximum absolute atomic E-state index is 6.38. The number of aryl methyl sites for hydroxylation is 2. The fourth-order valence-corrected chi connectivity index (χ4v) is 6.83. The van der Waals surface area contributed by atoms with E-state index in [9.17, 15) is 0 Å². The van der Waals surface area contributed by atoms with E-state index in [1.165, 1.54) is 32.6 Å². The Bertz CT molecular complexity index is 1830. The Morgan fingerprint density at radius 3 is 2.21 bits per heavy atom. The monoisotopic (exact) mass is 761 g/mol. The average Bonchev–Trinajstić information content (AvgIpc) is 3.37. The van der Waals surface area contributed by atoms with Crippen molar-refractivity contribution in [2.45, 2.75) is 66.1 Å². The first-order chi connectivity index (χ1) is 20.0. The molecule has 0 fully saturated rings. The number of aromatic nitrogens is 2. The van der Waals surface area contributed by atoms with E-state index in [0.29, 0.717) is 0 Å². The van der Waals surface area contributed by atoms with E-state index in [2.05, 4.69) is 101 Å². The number of fused-ring (bicyclic) bond motifs is 3. The van der Waals surface area contributed by atoms with Gasteiger partial charge in [-0.1, -0.05) is 93.3 Å². The van der Waals surface area contributed by atoms with Gasteiger partial charge in [0.1, 0.15) is 5.58 Å². The average molecular weight is 761 g/mol. The van der Waals surface area contributed by atoms with Crippen LogP contribution in [0.3, 0.4) is 0 Å². The number of rotatable bonds is 5. The molecular weight excluding hydrogens is 721 g/mol. The van der Waals surface area contributed by atoms with Crippen molar-refractivity contribution in [1.29, 1.82) is 0 Å². The fourth-order valence-electron chi connectivity index (χ4n) is 5.32. The summed E-state index contributed by atoms with van der Waals surface area (Å²) in [5.41, 5.74) is 9.65. The second kappa shape index (κ2) is 13.1. The third-order valence-electron chi connectivity index (χ3n) is 8.14. The van der Waals surface area contributed by atoms with Crippen LogP contribution in [0.15, 0.2) is 89.6 Å². The third kappa shape index (κ3) is 6.91. The number of pyridine rings is 2. The summed E-state index contributed by atoms with van der Waals surface area (Å²) in [4.78, 5) is 9.17. The van der Waals surface area contributed by atoms with Crippen LogP contribution in [0.1, 0.15) is 43.9 Å². The molecule has 0 aliphatic carbocycles. The summed E-state index contributed by atoms with van der Waals surface area (Å²) >= 11 is 0. The van der Waals surface area contributed by atoms with Crippen LogP contribution >= 0.6 is 0 Å². The van der Waals surface area contributed by atoms with Crippen LogP contribution in [0, 0.1) is 26.0 Å². The van der Waals surface area contributed by atoms with Gasteiger partial charge < -0.3 is 14.4 Å². The molecule has 223 valence electrons. The number of benzene rings is 3. The molecule has 1 radical (unpaired) electrons. The van der Waals surface area contributed by atoms with E-state index in [-0.39, 0.29) is 25.5 Å². The van der Waals surface area contributed by atoms with Crippen LogP contribution in [0.5, 0.6) is 0 Å². The van der Waals surface area contributed by atoms with Gasteiger partial charge in [-0.25, -0.2) is 0 Å². The topological polar surface area (TPSA) is 38.9 Å². The molecule has 0 amide bonds. The van der Waals surface area contributed by atoms with Crippen molar-refractivity contribution >= 4 is 35.2 Å². The molecule has 3 heterocycles. The molecule has 0 aliphatic rings. The molecule has 3 nitrogen and oxygen atoms in total. The normalized spacial score (nSPS) is 11.6. The van der Waals surface area contributed by atoms with E-state index in [4.69, 9.17) is 9.40 Å². The zero-order valence-corrected chi connectivity index (χ0v) is 29.8. The second-order valence-corrected chi connectivity index (χ2v) is 17.8. The van der Waals surface area contributed by atoms with Gasteiger partial charge in [-0.2, -0.15) is 0 Å². The van der Waals surface area contributed by atoms with Crippen molar-refractivity contribution in [3.05, 3.63) is 114 Å². The Morgan fingerprint density at radius 2 is 1.58 bits per heavy atom. The van der Waals surface area contributed by atoms with Crippen molar-refractivity contribution < 1.29 is 24.5 Å². The van der Waals surface area contributed by atoms with Crippen molar-refractivity contribution in [3.8, 4) is 22.5 Å². The predicted molar refractivity (Wildman–Crippen MR) is 180 cm³/mol. The molecule has 0 aliphatic heterocycles. The Morgan fingerprint density at radius 1 is 0.860 bits per heavy atom. The van der Waals surface area contributed by atoms with Gasteiger partial charge in [0.15, 0.2) is 0 Å². The molecule has 0 unspecified atom stereocenters. The minimum absolute atomic E-state index is 0. The first-order valence-electron chi connectivity index (χ1n) is 14.7. The van der Waals surface area contributed by atoms with E-state index in [1.54, 1.807) is 0 Å². The zero-order valence-electron chi connectivity index (χ0n) is 26.4. The van der Waals surface area contributed by atoms with Crippen LogP contribution in [0.25, 0.3) is 44.5 Å². The minimum atomic E-state index is -1.56. The molecule has 6 aromatic rings. The first-order valence-corrected chi connectivity index (χ1v) is 18.2. The van der Waals surface area contributed by atoms with Crippen LogP contribution in [0.2, 0.25) is 19.6 Å². The van der Waals surface area contributed by atoms with Crippen molar-refractivity contribution in [2.75, 3.05) is 0 Å². The summed E-state index contributed by atoms with van der Waals surface area (Å²) in [6.07, 6.45) is 5.00. The second-order valence-electron chi connectivity index (χ2n) is 12.7. The van der Waals surface area contributed by atoms with Gasteiger partial charge in [-0.05, 0) is 54.3 Å². The van der Waals surface area contributed by atoms with E-state index in [0.717, 1.165) is 40.1 Å². The van der Waals surface area contributed by atoms with Crippen LogP contribution in [-0.4, -0.2) is 18.0 Å². The Kier molecular flexibility index (Phi) is 9.91. The van der Waals surface area contributed by atoms with Gasteiger partial charge >= 0.3 is 0 Å². The minimum Gasteiger partial charge on any atom is -0.501 e. The largest absolute Gasteiger partial charge is 0.501 e. The molecule has 0 N–H and O–H groups in total. The number of nitrogens with zero attached hydrogens (tertiary/aromatic N) is 2. The fraction of sp³-hybridized carbons (Fsp3) is 0.263. The Labute approximate surface area is 271 Å². The molecule has 43 heavy (non-hydrogen) atoms. The van der Waals surface area contributed by atoms with Gasteiger partial charge in [0.2, 0.25) is 0 Å². The number of para-hydroxylation sites is 1. The van der Waals surface area contributed by atoms with Gasteiger partial charge in [0.05, 0.1) is 5.58 Å². The smallest absolute Gasteiger partial charge is 0.120 e. The molecule has 6 rings (SSSR count). The maximum atomic E-state index is 6.38. The molecule has 0 bridgehead atoms. The molecule has 0 spiro atoms. The quantitative estimate of drug-likeness (QED) is 0.130. The maximum Gasteiger partial charge on any atom is 0.120 e. The summed E-state index contributed by atoms with van der Waals surface area (Å²) in [5.74, 6) is 0. The van der Waals surface area contributed by atoms with Gasteiger partial charge in [0.25, 0.3) is 0 Å². The summed E-state index contributed by atoms with van der Waals surface area (Å²) in [6, 6.07) is 31.3. The SMILES string of the molecule is CCC(C)(C)c1cnc(-c2[c-]cc([Si](C)(C)C)c3c2oc2ccccc23)cc1C.Cc1ccc(-c2[c-]cccc2)nc1.[Ir]. The summed E-state index contributed by atoms with van der Waals surface area (Å²) in [6.45, 7) is 18.1. The van der Waals surface area contributed by atoms with Crippen LogP contribution in [-0.2, 0) is 25.5 Å². The van der Waals surface area contributed by atoms with Crippen molar-refractivity contribution in [2.24, 2.45) is 0 Å². The van der Waals surface area contributed by atoms with Crippen molar-refractivity contribution in [1.82, 2.24) is 9.97 Å². The Balaban J connectivity index is 0.000000253. The molecular formula is C38H40IrN2OSi-2. The molecule has 0 saturated carbocycles. The van der Waals surface area contributed by atoms with E-state index < -0.39 is 8.07 Å². The third-order valence-corrected chi connectivity index (χ3v) is 10.1. The van der Waals surface area contributed by atoms with E-state index >= 15 is 0 Å². The first kappa shape index (κ1) is 32.5. The predicted octanol–water partition coefficient (Wildman–Crippen LogP) is 9.84. The van der Waals surface area contributed by atoms with Gasteiger partial charge in [-0.15, -0.1) is 53.2 Å². The number of hydrogen-bond acceptors (Lipinski definition) is 3. The van der Waals surface area contributed by atoms with Crippen molar-refractivity contribution in [3.63, 3.8) is 0 Å². The molecule has 0 saturated heterocycles. The van der Waals surface area contributed by atoms with Crippen LogP contribution in [0.4, 0.5) is 0 Å². The number of furan rings is 1. The molecule has 3 aromatic carbocycles. The van der Waals surface area contributed by atoms with Gasteiger partial charge in [0, 0.05) is 46.0 Å². The zero-order chi connectivity index (χ0) is 30.1. The van der Waals surface area contributed by atoms with Gasteiger partial charge in [-0.3, -0.25) is 0 Å². The summed E-state index contributed by atoms with van der Waals surface area (Å²) in [5, 5.41) is 3.82. The summed E-state index contributed by atoms with van der Waals surface area (Å²) < 4.78 is 6.38. The van der Waals surface area contributed by atoms with E-state index in [1.807, 2.05) is 55.7 Å². The number of hydrogen-bond donors (Lipinski definition) is 0. The summed E-state index contributed by atoms with van der Waals surface area (Å²) in [7, 11) is -1.56. The van der Waals surface area contributed by atoms with Crippen LogP contribution < -0.4 is 5.19 Å².